The predicted molar refractivity (Wildman–Crippen MR) is 169 cm³/mol. The Bertz CT molecular complexity index is 1970. The van der Waals surface area contributed by atoms with Crippen molar-refractivity contribution in [2.24, 2.45) is 0 Å². The van der Waals surface area contributed by atoms with E-state index < -0.39 is 10.0 Å². The van der Waals surface area contributed by atoms with Gasteiger partial charge in [0.1, 0.15) is 11.5 Å². The number of hydrogen-bond donors (Lipinski definition) is 4. The van der Waals surface area contributed by atoms with Crippen LogP contribution in [0.25, 0.3) is 11.0 Å². The summed E-state index contributed by atoms with van der Waals surface area (Å²) in [4.78, 5) is 24.0. The van der Waals surface area contributed by atoms with Gasteiger partial charge in [-0.25, -0.2) is 18.4 Å². The number of carbonyl (C=O) groups excluding carboxylic acids is 1. The number of phenolic OH excluding ortho intramolecular Hbond substituents is 1. The van der Waals surface area contributed by atoms with Crippen LogP contribution in [0.15, 0.2) is 95.9 Å². The Labute approximate surface area is 254 Å². The molecule has 2 heterocycles. The smallest absolute Gasteiger partial charge is 0.263 e. The Balaban J connectivity index is 1.21. The molecule has 0 saturated heterocycles. The number of amides is 1. The Kier molecular flexibility index (Phi) is 8.01. The third-order valence-electron chi connectivity index (χ3n) is 7.20. The second-order valence-electron chi connectivity index (χ2n) is 10.4. The van der Waals surface area contributed by atoms with Crippen molar-refractivity contribution in [1.29, 1.82) is 0 Å². The number of phenols is 1. The number of sulfonamides is 1. The average molecular weight is 611 g/mol. The van der Waals surface area contributed by atoms with Crippen LogP contribution in [-0.2, 0) is 27.8 Å². The third kappa shape index (κ3) is 6.56. The van der Waals surface area contributed by atoms with E-state index in [4.69, 9.17) is 4.74 Å². The Morgan fingerprint density at radius 3 is 2.39 bits per heavy atom. The summed E-state index contributed by atoms with van der Waals surface area (Å²) >= 11 is 0. The highest BCUT2D eigenvalue weighted by Gasteiger charge is 2.21. The summed E-state index contributed by atoms with van der Waals surface area (Å²) in [5.41, 5.74) is 4.28. The van der Waals surface area contributed by atoms with Crippen molar-refractivity contribution in [3.8, 4) is 11.5 Å². The molecule has 224 valence electrons. The number of fused-ring (bicyclic) bond motifs is 2. The molecule has 0 aliphatic carbocycles. The van der Waals surface area contributed by atoms with Crippen LogP contribution in [0.3, 0.4) is 0 Å². The first-order valence-corrected chi connectivity index (χ1v) is 15.4. The molecule has 1 aliphatic heterocycles. The second-order valence-corrected chi connectivity index (χ2v) is 12.0. The van der Waals surface area contributed by atoms with Gasteiger partial charge in [-0.3, -0.25) is 14.4 Å². The predicted octanol–water partition coefficient (Wildman–Crippen LogP) is 4.89. The topological polar surface area (TPSA) is 146 Å². The zero-order chi connectivity index (χ0) is 30.7. The molecule has 1 aromatic heterocycles. The van der Waals surface area contributed by atoms with Crippen LogP contribution < -0.4 is 20.1 Å². The summed E-state index contributed by atoms with van der Waals surface area (Å²) in [6, 6.07) is 25.8. The molecule has 0 radical (unpaired) electrons. The number of rotatable bonds is 9. The number of carbonyl (C=O) groups is 1. The zero-order valence-electron chi connectivity index (χ0n) is 23.8. The normalized spacial score (nSPS) is 13.2. The van der Waals surface area contributed by atoms with Gasteiger partial charge in [0.15, 0.2) is 11.6 Å². The molecule has 1 amide bonds. The number of para-hydroxylation sites is 2. The molecule has 0 saturated carbocycles. The Hall–Kier alpha value is -5.20. The van der Waals surface area contributed by atoms with Gasteiger partial charge in [0.2, 0.25) is 5.91 Å². The molecule has 44 heavy (non-hydrogen) atoms. The molecule has 0 atom stereocenters. The van der Waals surface area contributed by atoms with Gasteiger partial charge in [0, 0.05) is 42.7 Å². The number of aromatic hydroxyl groups is 1. The average Bonchev–Trinajstić information content (AvgIpc) is 3.01. The van der Waals surface area contributed by atoms with Gasteiger partial charge in [-0.1, -0.05) is 42.5 Å². The van der Waals surface area contributed by atoms with Crippen molar-refractivity contribution in [2.45, 2.75) is 17.9 Å². The van der Waals surface area contributed by atoms with Crippen LogP contribution in [0.4, 0.5) is 23.0 Å². The van der Waals surface area contributed by atoms with E-state index >= 15 is 0 Å². The molecule has 0 bridgehead atoms. The molecule has 6 rings (SSSR count). The van der Waals surface area contributed by atoms with Crippen LogP contribution >= 0.6 is 0 Å². The van der Waals surface area contributed by atoms with Crippen molar-refractivity contribution in [1.82, 2.24) is 14.9 Å². The Morgan fingerprint density at radius 2 is 1.61 bits per heavy atom. The summed E-state index contributed by atoms with van der Waals surface area (Å²) < 4.78 is 34.9. The fourth-order valence-corrected chi connectivity index (χ4v) is 6.14. The minimum Gasteiger partial charge on any atom is -0.508 e. The fraction of sp³-hybridized carbons (Fsp3) is 0.156. The largest absolute Gasteiger partial charge is 0.508 e. The number of ether oxygens (including phenoxy) is 1. The molecular formula is C32H30N6O5S. The van der Waals surface area contributed by atoms with Crippen LogP contribution in [0.1, 0.15) is 11.1 Å². The maximum Gasteiger partial charge on any atom is 0.263 e. The molecule has 0 unspecified atom stereocenters. The fourth-order valence-electron chi connectivity index (χ4n) is 5.09. The number of nitrogens with zero attached hydrogens (tertiary/aromatic N) is 3. The molecule has 5 aromatic rings. The number of aromatic nitrogens is 2. The van der Waals surface area contributed by atoms with E-state index in [0.717, 1.165) is 13.0 Å². The summed E-state index contributed by atoms with van der Waals surface area (Å²) in [7, 11) is -2.70. The Morgan fingerprint density at radius 1 is 0.886 bits per heavy atom. The summed E-state index contributed by atoms with van der Waals surface area (Å²) in [5.74, 6) is 0.178. The van der Waals surface area contributed by atoms with Gasteiger partial charge >= 0.3 is 0 Å². The number of methoxy groups -OCH3 is 1. The second kappa shape index (κ2) is 12.2. The van der Waals surface area contributed by atoms with Crippen molar-refractivity contribution in [2.75, 3.05) is 35.6 Å². The molecule has 12 heteroatoms. The lowest BCUT2D eigenvalue weighted by Gasteiger charge is -2.28. The van der Waals surface area contributed by atoms with E-state index in [9.17, 15) is 18.3 Å². The molecule has 1 aliphatic rings. The molecule has 11 nitrogen and oxygen atoms in total. The maximum absolute atomic E-state index is 13.6. The highest BCUT2D eigenvalue weighted by Crippen LogP contribution is 2.31. The lowest BCUT2D eigenvalue weighted by Crippen LogP contribution is -2.37. The van der Waals surface area contributed by atoms with Gasteiger partial charge in [-0.05, 0) is 47.9 Å². The standard InChI is InChI=1S/C32H30N6O5S/c1-43-26-16-24(15-25(39)18-26)34-31-32(36-29-12-5-4-11-28(29)35-31)37-44(41,42)27-10-6-9-23(17-27)33-30(40)20-38-14-13-21-7-2-3-8-22(21)19-38/h2-12,15-18,39H,13-14,19-20H2,1H3,(H,33,40)(H,34,35)(H,36,37). The molecular weight excluding hydrogens is 580 g/mol. The van der Waals surface area contributed by atoms with E-state index in [-0.39, 0.29) is 34.7 Å². The van der Waals surface area contributed by atoms with E-state index in [1.54, 1.807) is 42.5 Å². The third-order valence-corrected chi connectivity index (χ3v) is 8.53. The quantitative estimate of drug-likeness (QED) is 0.183. The minimum atomic E-state index is -4.16. The summed E-state index contributed by atoms with van der Waals surface area (Å²) in [6.45, 7) is 1.63. The van der Waals surface area contributed by atoms with Crippen LogP contribution in [0.5, 0.6) is 11.5 Å². The van der Waals surface area contributed by atoms with Crippen LogP contribution in [-0.4, -0.2) is 54.5 Å². The molecule has 4 aromatic carbocycles. The van der Waals surface area contributed by atoms with Gasteiger partial charge in [0.05, 0.1) is 29.6 Å². The first-order chi connectivity index (χ1) is 21.3. The highest BCUT2D eigenvalue weighted by molar-refractivity contribution is 7.92. The van der Waals surface area contributed by atoms with Gasteiger partial charge < -0.3 is 20.5 Å². The van der Waals surface area contributed by atoms with Gasteiger partial charge in [-0.2, -0.15) is 0 Å². The number of nitrogens with one attached hydrogen (secondary N) is 3. The number of hydrogen-bond acceptors (Lipinski definition) is 9. The summed E-state index contributed by atoms with van der Waals surface area (Å²) in [5, 5.41) is 16.0. The van der Waals surface area contributed by atoms with Gasteiger partial charge in [-0.15, -0.1) is 0 Å². The first kappa shape index (κ1) is 28.9. The van der Waals surface area contributed by atoms with Crippen LogP contribution in [0.2, 0.25) is 0 Å². The number of anilines is 4. The van der Waals surface area contributed by atoms with E-state index in [2.05, 4.69) is 42.4 Å². The van der Waals surface area contributed by atoms with Crippen molar-refractivity contribution in [3.63, 3.8) is 0 Å². The molecule has 0 spiro atoms. The van der Waals surface area contributed by atoms with Crippen LogP contribution in [0, 0.1) is 0 Å². The minimum absolute atomic E-state index is 0.0494. The maximum atomic E-state index is 13.6. The van der Waals surface area contributed by atoms with Crippen molar-refractivity contribution >= 4 is 50.0 Å². The SMILES string of the molecule is COc1cc(O)cc(Nc2nc3ccccc3nc2NS(=O)(=O)c2cccc(NC(=O)CN3CCc4ccccc4C3)c2)c1. The zero-order valence-corrected chi connectivity index (χ0v) is 24.6. The summed E-state index contributed by atoms with van der Waals surface area (Å²) in [6.07, 6.45) is 0.871. The molecule has 0 fully saturated rings. The highest BCUT2D eigenvalue weighted by atomic mass is 32.2. The van der Waals surface area contributed by atoms with Crippen molar-refractivity contribution in [3.05, 3.63) is 102 Å². The van der Waals surface area contributed by atoms with E-state index in [1.165, 1.54) is 42.5 Å². The van der Waals surface area contributed by atoms with E-state index in [0.29, 0.717) is 34.7 Å². The lowest BCUT2D eigenvalue weighted by atomic mass is 10.00. The van der Waals surface area contributed by atoms with Crippen molar-refractivity contribution < 1.29 is 23.1 Å². The lowest BCUT2D eigenvalue weighted by molar-refractivity contribution is -0.117. The van der Waals surface area contributed by atoms with Gasteiger partial charge in [0.25, 0.3) is 10.0 Å². The van der Waals surface area contributed by atoms with E-state index in [1.807, 2.05) is 12.1 Å². The number of benzene rings is 4. The first-order valence-electron chi connectivity index (χ1n) is 13.9. The molecule has 4 N–H and O–H groups in total. The monoisotopic (exact) mass is 610 g/mol.